The van der Waals surface area contributed by atoms with Crippen molar-refractivity contribution in [3.8, 4) is 28.6 Å². The number of benzene rings is 2. The van der Waals surface area contributed by atoms with E-state index in [2.05, 4.69) is 26.4 Å². The van der Waals surface area contributed by atoms with Gasteiger partial charge in [-0.15, -0.1) is 0 Å². The molecule has 150 valence electrons. The lowest BCUT2D eigenvalue weighted by Gasteiger charge is -2.36. The average Bonchev–Trinajstić information content (AvgIpc) is 3.43. The molecule has 8 heteroatoms. The Labute approximate surface area is 168 Å². The van der Waals surface area contributed by atoms with Gasteiger partial charge in [-0.05, 0) is 24.3 Å². The van der Waals surface area contributed by atoms with E-state index in [0.717, 1.165) is 42.3 Å². The molecule has 2 aliphatic heterocycles. The second-order valence-corrected chi connectivity index (χ2v) is 7.01. The van der Waals surface area contributed by atoms with Crippen molar-refractivity contribution in [1.82, 2.24) is 20.4 Å². The number of piperazine rings is 1. The maximum atomic E-state index is 5.57. The Balaban J connectivity index is 1.36. The van der Waals surface area contributed by atoms with Gasteiger partial charge in [-0.3, -0.25) is 4.90 Å². The van der Waals surface area contributed by atoms with Crippen LogP contribution in [0.25, 0.3) is 11.4 Å². The van der Waals surface area contributed by atoms with Crippen LogP contribution >= 0.6 is 0 Å². The Morgan fingerprint density at radius 3 is 3.00 bits per heavy atom. The van der Waals surface area contributed by atoms with Crippen molar-refractivity contribution in [3.05, 3.63) is 53.9 Å². The van der Waals surface area contributed by atoms with Crippen molar-refractivity contribution in [1.29, 1.82) is 0 Å². The number of ether oxygens (including phenoxy) is 3. The SMILES string of the molecule is COc1ccccc1C1CNCCN1Cc1nc(-c2ccc3c(c2)OCO3)no1. The number of nitrogens with one attached hydrogen (secondary N) is 1. The fraction of sp³-hybridized carbons (Fsp3) is 0.333. The highest BCUT2D eigenvalue weighted by Gasteiger charge is 2.28. The minimum absolute atomic E-state index is 0.167. The van der Waals surface area contributed by atoms with Crippen LogP contribution < -0.4 is 19.5 Å². The lowest BCUT2D eigenvalue weighted by molar-refractivity contribution is 0.133. The van der Waals surface area contributed by atoms with Crippen LogP contribution in [-0.4, -0.2) is 48.6 Å². The van der Waals surface area contributed by atoms with Gasteiger partial charge in [0.15, 0.2) is 11.5 Å². The van der Waals surface area contributed by atoms with Crippen LogP contribution in [0.15, 0.2) is 47.0 Å². The molecule has 0 amide bonds. The lowest BCUT2D eigenvalue weighted by Crippen LogP contribution is -2.45. The number of fused-ring (bicyclic) bond motifs is 1. The highest BCUT2D eigenvalue weighted by molar-refractivity contribution is 5.61. The number of hydrogen-bond acceptors (Lipinski definition) is 8. The first-order valence-electron chi connectivity index (χ1n) is 9.62. The molecule has 1 fully saturated rings. The summed E-state index contributed by atoms with van der Waals surface area (Å²) in [4.78, 5) is 6.94. The van der Waals surface area contributed by atoms with Gasteiger partial charge in [0, 0.05) is 30.8 Å². The van der Waals surface area contributed by atoms with Crippen LogP contribution in [0.2, 0.25) is 0 Å². The van der Waals surface area contributed by atoms with E-state index in [0.29, 0.717) is 24.0 Å². The van der Waals surface area contributed by atoms with Crippen LogP contribution in [0.3, 0.4) is 0 Å². The van der Waals surface area contributed by atoms with E-state index < -0.39 is 0 Å². The summed E-state index contributed by atoms with van der Waals surface area (Å²) in [6, 6.07) is 13.9. The van der Waals surface area contributed by atoms with E-state index in [1.54, 1.807) is 7.11 Å². The summed E-state index contributed by atoms with van der Waals surface area (Å²) < 4.78 is 21.9. The third-order valence-electron chi connectivity index (χ3n) is 5.29. The molecule has 1 N–H and O–H groups in total. The van der Waals surface area contributed by atoms with Gasteiger partial charge in [0.05, 0.1) is 19.7 Å². The van der Waals surface area contributed by atoms with E-state index >= 15 is 0 Å². The predicted molar refractivity (Wildman–Crippen MR) is 105 cm³/mol. The maximum absolute atomic E-state index is 5.57. The molecular formula is C21H22N4O4. The summed E-state index contributed by atoms with van der Waals surface area (Å²) in [5.74, 6) is 3.45. The van der Waals surface area contributed by atoms with Crippen molar-refractivity contribution in [3.63, 3.8) is 0 Å². The highest BCUT2D eigenvalue weighted by atomic mass is 16.7. The smallest absolute Gasteiger partial charge is 0.241 e. The van der Waals surface area contributed by atoms with E-state index in [9.17, 15) is 0 Å². The van der Waals surface area contributed by atoms with Crippen molar-refractivity contribution in [2.45, 2.75) is 12.6 Å². The summed E-state index contributed by atoms with van der Waals surface area (Å²) >= 11 is 0. The molecule has 8 nitrogen and oxygen atoms in total. The molecule has 0 aliphatic carbocycles. The summed E-state index contributed by atoms with van der Waals surface area (Å²) in [6.07, 6.45) is 0. The monoisotopic (exact) mass is 394 g/mol. The maximum Gasteiger partial charge on any atom is 0.241 e. The van der Waals surface area contributed by atoms with E-state index in [1.165, 1.54) is 0 Å². The molecule has 1 saturated heterocycles. The predicted octanol–water partition coefficient (Wildman–Crippen LogP) is 2.62. The third kappa shape index (κ3) is 3.52. The van der Waals surface area contributed by atoms with Crippen LogP contribution in [-0.2, 0) is 6.54 Å². The van der Waals surface area contributed by atoms with Gasteiger partial charge in [-0.25, -0.2) is 0 Å². The molecule has 1 unspecified atom stereocenters. The molecular weight excluding hydrogens is 372 g/mol. The molecule has 0 radical (unpaired) electrons. The van der Waals surface area contributed by atoms with Crippen LogP contribution in [0.1, 0.15) is 17.5 Å². The first-order valence-corrected chi connectivity index (χ1v) is 9.62. The average molecular weight is 394 g/mol. The lowest BCUT2D eigenvalue weighted by atomic mass is 10.0. The number of rotatable bonds is 5. The van der Waals surface area contributed by atoms with Crippen LogP contribution in [0.5, 0.6) is 17.2 Å². The van der Waals surface area contributed by atoms with Gasteiger partial charge in [-0.1, -0.05) is 23.4 Å². The molecule has 2 aromatic carbocycles. The van der Waals surface area contributed by atoms with Gasteiger partial charge >= 0.3 is 0 Å². The molecule has 5 rings (SSSR count). The number of hydrogen-bond donors (Lipinski definition) is 1. The summed E-state index contributed by atoms with van der Waals surface area (Å²) in [5.41, 5.74) is 1.99. The fourth-order valence-electron chi connectivity index (χ4n) is 3.83. The fourth-order valence-corrected chi connectivity index (χ4v) is 3.83. The number of aromatic nitrogens is 2. The number of para-hydroxylation sites is 1. The Kier molecular flexibility index (Phi) is 4.79. The Morgan fingerprint density at radius 2 is 2.07 bits per heavy atom. The number of methoxy groups -OCH3 is 1. The second kappa shape index (κ2) is 7.73. The topological polar surface area (TPSA) is 81.9 Å². The minimum Gasteiger partial charge on any atom is -0.496 e. The largest absolute Gasteiger partial charge is 0.496 e. The van der Waals surface area contributed by atoms with Crippen LogP contribution in [0, 0.1) is 0 Å². The van der Waals surface area contributed by atoms with Gasteiger partial charge in [0.25, 0.3) is 0 Å². The number of nitrogens with zero attached hydrogens (tertiary/aromatic N) is 3. The van der Waals surface area contributed by atoms with E-state index in [1.807, 2.05) is 36.4 Å². The molecule has 2 aliphatic rings. The molecule has 3 aromatic rings. The summed E-state index contributed by atoms with van der Waals surface area (Å²) in [5, 5.41) is 7.63. The minimum atomic E-state index is 0.167. The first-order chi connectivity index (χ1) is 14.3. The molecule has 3 heterocycles. The third-order valence-corrected chi connectivity index (χ3v) is 5.29. The van der Waals surface area contributed by atoms with Crippen LogP contribution in [0.4, 0.5) is 0 Å². The standard InChI is InChI=1S/C21H22N4O4/c1-26-17-5-3-2-4-15(17)16-11-22-8-9-25(16)12-20-23-21(24-29-20)14-6-7-18-19(10-14)28-13-27-18/h2-7,10,16,22H,8-9,11-13H2,1H3. The zero-order chi connectivity index (χ0) is 19.6. The quantitative estimate of drug-likeness (QED) is 0.707. The molecule has 1 aromatic heterocycles. The van der Waals surface area contributed by atoms with E-state index in [4.69, 9.17) is 18.7 Å². The zero-order valence-corrected chi connectivity index (χ0v) is 16.1. The zero-order valence-electron chi connectivity index (χ0n) is 16.1. The Hall–Kier alpha value is -3.10. The van der Waals surface area contributed by atoms with Gasteiger partial charge in [0.2, 0.25) is 18.5 Å². The summed E-state index contributed by atoms with van der Waals surface area (Å²) in [6.45, 7) is 3.44. The Bertz CT molecular complexity index is 1010. The normalized spacial score (nSPS) is 18.7. The van der Waals surface area contributed by atoms with Crippen molar-refractivity contribution in [2.24, 2.45) is 0 Å². The molecule has 0 spiro atoms. The molecule has 29 heavy (non-hydrogen) atoms. The van der Waals surface area contributed by atoms with Crippen molar-refractivity contribution >= 4 is 0 Å². The highest BCUT2D eigenvalue weighted by Crippen LogP contribution is 2.35. The van der Waals surface area contributed by atoms with Gasteiger partial charge < -0.3 is 24.1 Å². The Morgan fingerprint density at radius 1 is 1.17 bits per heavy atom. The van der Waals surface area contributed by atoms with Crippen molar-refractivity contribution in [2.75, 3.05) is 33.5 Å². The molecule has 1 atom stereocenters. The molecule has 0 bridgehead atoms. The van der Waals surface area contributed by atoms with E-state index in [-0.39, 0.29) is 12.8 Å². The van der Waals surface area contributed by atoms with Crippen molar-refractivity contribution < 1.29 is 18.7 Å². The van der Waals surface area contributed by atoms with Gasteiger partial charge in [0.1, 0.15) is 5.75 Å². The molecule has 0 saturated carbocycles. The van der Waals surface area contributed by atoms with Gasteiger partial charge in [-0.2, -0.15) is 4.98 Å². The first kappa shape index (κ1) is 18.0. The summed E-state index contributed by atoms with van der Waals surface area (Å²) in [7, 11) is 1.70. The second-order valence-electron chi connectivity index (χ2n) is 7.01.